The van der Waals surface area contributed by atoms with E-state index in [2.05, 4.69) is 25.8 Å². The van der Waals surface area contributed by atoms with Crippen molar-refractivity contribution in [1.29, 1.82) is 0 Å². The molecule has 1 saturated carbocycles. The van der Waals surface area contributed by atoms with Gasteiger partial charge in [0.2, 0.25) is 11.8 Å². The van der Waals surface area contributed by atoms with Crippen molar-refractivity contribution >= 4 is 35.8 Å². The van der Waals surface area contributed by atoms with Crippen LogP contribution in [0.4, 0.5) is 0 Å². The van der Waals surface area contributed by atoms with E-state index in [1.165, 1.54) is 12.8 Å². The fourth-order valence-corrected chi connectivity index (χ4v) is 3.58. The number of halogens is 1. The molecule has 2 fully saturated rings. The number of aliphatic imine (C=N–C) groups is 1. The third kappa shape index (κ3) is 5.55. The Morgan fingerprint density at radius 3 is 2.77 bits per heavy atom. The van der Waals surface area contributed by atoms with E-state index in [-0.39, 0.29) is 35.9 Å². The van der Waals surface area contributed by atoms with Crippen molar-refractivity contribution in [3.05, 3.63) is 11.7 Å². The highest BCUT2D eigenvalue weighted by molar-refractivity contribution is 14.0. The van der Waals surface area contributed by atoms with Gasteiger partial charge in [0, 0.05) is 38.5 Å². The molecule has 0 spiro atoms. The summed E-state index contributed by atoms with van der Waals surface area (Å²) in [6, 6.07) is 0.232. The molecule has 1 aromatic rings. The van der Waals surface area contributed by atoms with Gasteiger partial charge in [-0.05, 0) is 26.2 Å². The number of nitrogens with one attached hydrogen (secondary N) is 2. The highest BCUT2D eigenvalue weighted by Gasteiger charge is 2.32. The van der Waals surface area contributed by atoms with Crippen molar-refractivity contribution < 1.29 is 9.32 Å². The lowest BCUT2D eigenvalue weighted by atomic mass is 10.1. The fourth-order valence-electron chi connectivity index (χ4n) is 3.58. The van der Waals surface area contributed by atoms with Gasteiger partial charge in [0.25, 0.3) is 0 Å². The second kappa shape index (κ2) is 10.1. The van der Waals surface area contributed by atoms with E-state index in [1.807, 2.05) is 11.8 Å². The number of nitrogens with zero attached hydrogens (tertiary/aromatic N) is 4. The normalized spacial score (nSPS) is 20.9. The molecule has 1 aliphatic carbocycles. The first-order valence-corrected chi connectivity index (χ1v) is 9.28. The third-order valence-corrected chi connectivity index (χ3v) is 4.84. The molecule has 2 N–H and O–H groups in total. The van der Waals surface area contributed by atoms with Gasteiger partial charge in [-0.25, -0.2) is 4.99 Å². The van der Waals surface area contributed by atoms with Crippen molar-refractivity contribution in [2.75, 3.05) is 19.6 Å². The van der Waals surface area contributed by atoms with Crippen LogP contribution in [-0.2, 0) is 11.3 Å². The number of likely N-dealkylation sites (tertiary alicyclic amines) is 1. The number of hydrogen-bond donors (Lipinski definition) is 2. The Bertz CT molecular complexity index is 614. The van der Waals surface area contributed by atoms with Crippen LogP contribution in [0.25, 0.3) is 0 Å². The number of carbonyl (C=O) groups excluding carboxylic acids is 1. The maximum absolute atomic E-state index is 12.5. The van der Waals surface area contributed by atoms with Crippen LogP contribution in [0.15, 0.2) is 9.52 Å². The summed E-state index contributed by atoms with van der Waals surface area (Å²) in [4.78, 5) is 23.2. The first kappa shape index (κ1) is 20.9. The van der Waals surface area contributed by atoms with Gasteiger partial charge in [0.15, 0.2) is 11.8 Å². The summed E-state index contributed by atoms with van der Waals surface area (Å²) >= 11 is 0. The predicted octanol–water partition coefficient (Wildman–Crippen LogP) is 1.84. The maximum atomic E-state index is 12.5. The summed E-state index contributed by atoms with van der Waals surface area (Å²) < 4.78 is 4.96. The second-order valence-corrected chi connectivity index (χ2v) is 6.82. The van der Waals surface area contributed by atoms with Gasteiger partial charge >= 0.3 is 0 Å². The fraction of sp³-hybridized carbons (Fsp3) is 0.765. The molecule has 0 aromatic carbocycles. The Morgan fingerprint density at radius 2 is 2.12 bits per heavy atom. The molecule has 3 rings (SSSR count). The molecule has 2 aliphatic rings. The summed E-state index contributed by atoms with van der Waals surface area (Å²) in [6.07, 6.45) is 5.45. The van der Waals surface area contributed by atoms with Gasteiger partial charge in [-0.3, -0.25) is 4.79 Å². The Labute approximate surface area is 171 Å². The van der Waals surface area contributed by atoms with E-state index in [0.717, 1.165) is 44.9 Å². The molecule has 1 aromatic heterocycles. The predicted molar refractivity (Wildman–Crippen MR) is 109 cm³/mol. The van der Waals surface area contributed by atoms with Crippen molar-refractivity contribution in [1.82, 2.24) is 25.7 Å². The maximum Gasteiger partial charge on any atom is 0.225 e. The first-order chi connectivity index (χ1) is 12.2. The minimum absolute atomic E-state index is 0. The van der Waals surface area contributed by atoms with E-state index >= 15 is 0 Å². The SMILES string of the molecule is CCNC(=NCc1noc(C)n1)NC1CCN(C(=O)C2CCCC2)C1.I. The van der Waals surface area contributed by atoms with Crippen molar-refractivity contribution in [2.24, 2.45) is 10.9 Å². The Hall–Kier alpha value is -1.39. The molecule has 26 heavy (non-hydrogen) atoms. The summed E-state index contributed by atoms with van der Waals surface area (Å²) in [6.45, 7) is 6.51. The van der Waals surface area contributed by atoms with Crippen LogP contribution in [0.5, 0.6) is 0 Å². The molecular formula is C17H29IN6O2. The summed E-state index contributed by atoms with van der Waals surface area (Å²) in [7, 11) is 0. The number of rotatable bonds is 5. The summed E-state index contributed by atoms with van der Waals surface area (Å²) in [5, 5.41) is 10.5. The zero-order valence-corrected chi connectivity index (χ0v) is 17.9. The van der Waals surface area contributed by atoms with E-state index in [9.17, 15) is 4.79 Å². The van der Waals surface area contributed by atoms with E-state index < -0.39 is 0 Å². The van der Waals surface area contributed by atoms with Crippen molar-refractivity contribution in [3.8, 4) is 0 Å². The number of hydrogen-bond acceptors (Lipinski definition) is 5. The Kier molecular flexibility index (Phi) is 8.11. The minimum atomic E-state index is 0. The zero-order valence-electron chi connectivity index (χ0n) is 15.5. The highest BCUT2D eigenvalue weighted by atomic mass is 127. The molecule has 9 heteroatoms. The topological polar surface area (TPSA) is 95.7 Å². The highest BCUT2D eigenvalue weighted by Crippen LogP contribution is 2.27. The van der Waals surface area contributed by atoms with Gasteiger partial charge in [-0.2, -0.15) is 4.98 Å². The number of amides is 1. The molecule has 1 aliphatic heterocycles. The zero-order chi connectivity index (χ0) is 17.6. The standard InChI is InChI=1S/C17H28N6O2.HI/c1-3-18-17(19-10-15-20-12(2)25-22-15)21-14-8-9-23(11-14)16(24)13-6-4-5-7-13;/h13-14H,3-11H2,1-2H3,(H2,18,19,21);1H. The van der Waals surface area contributed by atoms with Gasteiger partial charge in [0.05, 0.1) is 0 Å². The van der Waals surface area contributed by atoms with Crippen molar-refractivity contribution in [2.45, 2.75) is 58.5 Å². The number of carbonyl (C=O) groups is 1. The lowest BCUT2D eigenvalue weighted by Crippen LogP contribution is -2.45. The molecule has 1 unspecified atom stereocenters. The molecule has 1 saturated heterocycles. The number of aryl methyl sites for hydroxylation is 1. The quantitative estimate of drug-likeness (QED) is 0.383. The lowest BCUT2D eigenvalue weighted by molar-refractivity contribution is -0.134. The Morgan fingerprint density at radius 1 is 1.35 bits per heavy atom. The molecule has 0 bridgehead atoms. The molecule has 1 amide bonds. The van der Waals surface area contributed by atoms with E-state index in [1.54, 1.807) is 6.92 Å². The van der Waals surface area contributed by atoms with Crippen LogP contribution < -0.4 is 10.6 Å². The average Bonchev–Trinajstić information content (AvgIpc) is 3.34. The van der Waals surface area contributed by atoms with Gasteiger partial charge < -0.3 is 20.1 Å². The van der Waals surface area contributed by atoms with Crippen LogP contribution in [-0.4, -0.2) is 52.6 Å². The van der Waals surface area contributed by atoms with Crippen LogP contribution >= 0.6 is 24.0 Å². The summed E-state index contributed by atoms with van der Waals surface area (Å²) in [5.41, 5.74) is 0. The van der Waals surface area contributed by atoms with Crippen molar-refractivity contribution in [3.63, 3.8) is 0 Å². The number of aromatic nitrogens is 2. The monoisotopic (exact) mass is 476 g/mol. The van der Waals surface area contributed by atoms with Crippen LogP contribution in [0, 0.1) is 12.8 Å². The molecule has 2 heterocycles. The smallest absolute Gasteiger partial charge is 0.225 e. The molecule has 8 nitrogen and oxygen atoms in total. The second-order valence-electron chi connectivity index (χ2n) is 6.82. The first-order valence-electron chi connectivity index (χ1n) is 9.28. The Balaban J connectivity index is 0.00000243. The third-order valence-electron chi connectivity index (χ3n) is 4.84. The summed E-state index contributed by atoms with van der Waals surface area (Å²) in [5.74, 6) is 2.43. The molecule has 0 radical (unpaired) electrons. The number of guanidine groups is 1. The van der Waals surface area contributed by atoms with Gasteiger partial charge in [-0.15, -0.1) is 24.0 Å². The largest absolute Gasteiger partial charge is 0.357 e. The molecule has 1 atom stereocenters. The van der Waals surface area contributed by atoms with E-state index in [0.29, 0.717) is 24.2 Å². The average molecular weight is 476 g/mol. The molecule has 146 valence electrons. The van der Waals surface area contributed by atoms with Gasteiger partial charge in [-0.1, -0.05) is 18.0 Å². The molecular weight excluding hydrogens is 447 g/mol. The van der Waals surface area contributed by atoms with Crippen LogP contribution in [0.3, 0.4) is 0 Å². The van der Waals surface area contributed by atoms with Crippen LogP contribution in [0.2, 0.25) is 0 Å². The lowest BCUT2D eigenvalue weighted by Gasteiger charge is -2.21. The minimum Gasteiger partial charge on any atom is -0.357 e. The van der Waals surface area contributed by atoms with E-state index in [4.69, 9.17) is 4.52 Å². The van der Waals surface area contributed by atoms with Crippen LogP contribution in [0.1, 0.15) is 50.7 Å². The van der Waals surface area contributed by atoms with Gasteiger partial charge in [0.1, 0.15) is 6.54 Å².